The molecule has 0 spiro atoms. The molecule has 0 aromatic carbocycles. The van der Waals surface area contributed by atoms with E-state index in [4.69, 9.17) is 0 Å². The molecule has 0 N–H and O–H groups in total. The highest BCUT2D eigenvalue weighted by molar-refractivity contribution is 4.87. The Morgan fingerprint density at radius 2 is 0.857 bits per heavy atom. The summed E-state index contributed by atoms with van der Waals surface area (Å²) in [5.74, 6) is 2.13. The lowest BCUT2D eigenvalue weighted by Crippen LogP contribution is -2.30. The van der Waals surface area contributed by atoms with Crippen molar-refractivity contribution in [1.29, 1.82) is 0 Å². The van der Waals surface area contributed by atoms with E-state index in [-0.39, 0.29) is 0 Å². The van der Waals surface area contributed by atoms with Gasteiger partial charge in [-0.15, -0.1) is 0 Å². The van der Waals surface area contributed by atoms with E-state index in [9.17, 15) is 0 Å². The lowest BCUT2D eigenvalue weighted by atomic mass is 9.63. The minimum atomic E-state index is 0.725. The van der Waals surface area contributed by atoms with Crippen molar-refractivity contribution >= 4 is 0 Å². The highest BCUT2D eigenvalue weighted by Gasteiger charge is 2.35. The summed E-state index contributed by atoms with van der Waals surface area (Å²) in [6.45, 7) is 9.67. The van der Waals surface area contributed by atoms with E-state index >= 15 is 0 Å². The first-order valence-electron chi connectivity index (χ1n) is 10.1. The third-order valence-corrected chi connectivity index (χ3v) is 8.00. The van der Waals surface area contributed by atoms with Gasteiger partial charge in [-0.2, -0.15) is 0 Å². The zero-order valence-electron chi connectivity index (χ0n) is 15.3. The Morgan fingerprint density at radius 3 is 1.10 bits per heavy atom. The van der Waals surface area contributed by atoms with E-state index in [2.05, 4.69) is 27.7 Å². The summed E-state index contributed by atoms with van der Waals surface area (Å²) in [6, 6.07) is 0. The number of hydrogen-bond acceptors (Lipinski definition) is 0. The van der Waals surface area contributed by atoms with Crippen LogP contribution in [0.3, 0.4) is 0 Å². The summed E-state index contributed by atoms with van der Waals surface area (Å²) in [5, 5.41) is 0. The molecule has 2 aliphatic rings. The quantitative estimate of drug-likeness (QED) is 0.479. The zero-order valence-corrected chi connectivity index (χ0v) is 15.3. The highest BCUT2D eigenvalue weighted by atomic mass is 14.4. The van der Waals surface area contributed by atoms with Crippen molar-refractivity contribution in [2.45, 2.75) is 111 Å². The first-order chi connectivity index (χ1) is 10.1. The van der Waals surface area contributed by atoms with Crippen LogP contribution in [0.5, 0.6) is 0 Å². The second-order valence-electron chi connectivity index (χ2n) is 8.54. The molecular formula is C21H40. The molecule has 0 amide bonds. The van der Waals surface area contributed by atoms with Crippen molar-refractivity contribution in [1.82, 2.24) is 0 Å². The molecule has 0 atom stereocenters. The average molecular weight is 293 g/mol. The fourth-order valence-corrected chi connectivity index (χ4v) is 5.44. The van der Waals surface area contributed by atoms with E-state index in [0.717, 1.165) is 22.7 Å². The molecule has 0 bridgehead atoms. The monoisotopic (exact) mass is 292 g/mol. The van der Waals surface area contributed by atoms with Gasteiger partial charge in [0.2, 0.25) is 0 Å². The lowest BCUT2D eigenvalue weighted by molar-refractivity contribution is 0.0930. The van der Waals surface area contributed by atoms with Crippen LogP contribution in [0.4, 0.5) is 0 Å². The molecule has 0 radical (unpaired) electrons. The molecule has 2 fully saturated rings. The van der Waals surface area contributed by atoms with Crippen molar-refractivity contribution in [2.24, 2.45) is 22.7 Å². The van der Waals surface area contributed by atoms with Crippen molar-refractivity contribution in [3.8, 4) is 0 Å². The molecule has 2 rings (SSSR count). The zero-order chi connectivity index (χ0) is 15.3. The van der Waals surface area contributed by atoms with Gasteiger partial charge in [0, 0.05) is 0 Å². The van der Waals surface area contributed by atoms with E-state index in [1.54, 1.807) is 6.42 Å². The molecule has 0 aromatic rings. The van der Waals surface area contributed by atoms with Crippen molar-refractivity contribution in [3.63, 3.8) is 0 Å². The molecule has 0 aliphatic heterocycles. The molecule has 0 unspecified atom stereocenters. The summed E-state index contributed by atoms with van der Waals surface area (Å²) >= 11 is 0. The fourth-order valence-electron chi connectivity index (χ4n) is 5.44. The van der Waals surface area contributed by atoms with E-state index in [1.165, 1.54) is 77.0 Å². The molecule has 0 aromatic heterocycles. The Hall–Kier alpha value is 0. The smallest absolute Gasteiger partial charge is 0.0302 e. The molecule has 21 heavy (non-hydrogen) atoms. The number of hydrogen-bond donors (Lipinski definition) is 0. The fraction of sp³-hybridized carbons (Fsp3) is 1.00. The van der Waals surface area contributed by atoms with Crippen LogP contribution in [0.2, 0.25) is 0 Å². The summed E-state index contributed by atoms with van der Waals surface area (Å²) in [5.41, 5.74) is 1.45. The van der Waals surface area contributed by atoms with Crippen LogP contribution in [-0.4, -0.2) is 0 Å². The maximum absolute atomic E-state index is 2.42. The Labute approximate surface area is 134 Å². The Balaban J connectivity index is 1.75. The van der Waals surface area contributed by atoms with Crippen LogP contribution >= 0.6 is 0 Å². The minimum Gasteiger partial charge on any atom is -0.0649 e. The van der Waals surface area contributed by atoms with Crippen molar-refractivity contribution in [3.05, 3.63) is 0 Å². The normalized spacial score (nSPS) is 26.9. The molecule has 0 nitrogen and oxygen atoms in total. The van der Waals surface area contributed by atoms with Gasteiger partial charge in [0.25, 0.3) is 0 Å². The first-order valence-corrected chi connectivity index (χ1v) is 10.1. The predicted molar refractivity (Wildman–Crippen MR) is 94.6 cm³/mol. The van der Waals surface area contributed by atoms with Gasteiger partial charge in [-0.05, 0) is 80.5 Å². The first kappa shape index (κ1) is 17.4. The predicted octanol–water partition coefficient (Wildman–Crippen LogP) is 7.37. The largest absolute Gasteiger partial charge is 0.0649 e. The van der Waals surface area contributed by atoms with Gasteiger partial charge in [-0.25, -0.2) is 0 Å². The average Bonchev–Trinajstić information content (AvgIpc) is 2.57. The standard InChI is InChI=1S/C21H40/c1-5-20(6-2)13-9-18(10-14-20)17-19-11-15-21(7-3,8-4)16-12-19/h18-19H,5-17H2,1-4H3. The van der Waals surface area contributed by atoms with Gasteiger partial charge in [0.1, 0.15) is 0 Å². The van der Waals surface area contributed by atoms with Gasteiger partial charge in [-0.1, -0.05) is 53.4 Å². The lowest BCUT2D eigenvalue weighted by Gasteiger charge is -2.43. The van der Waals surface area contributed by atoms with Gasteiger partial charge in [0.15, 0.2) is 0 Å². The summed E-state index contributed by atoms with van der Waals surface area (Å²) in [6.07, 6.45) is 19.4. The molecule has 2 aliphatic carbocycles. The Morgan fingerprint density at radius 1 is 0.571 bits per heavy atom. The maximum atomic E-state index is 2.42. The molecule has 0 heteroatoms. The van der Waals surface area contributed by atoms with E-state index < -0.39 is 0 Å². The second kappa shape index (κ2) is 7.51. The van der Waals surface area contributed by atoms with Crippen LogP contribution in [0.15, 0.2) is 0 Å². The maximum Gasteiger partial charge on any atom is -0.0302 e. The molecule has 2 saturated carbocycles. The number of rotatable bonds is 6. The van der Waals surface area contributed by atoms with Crippen LogP contribution in [0, 0.1) is 22.7 Å². The van der Waals surface area contributed by atoms with Gasteiger partial charge >= 0.3 is 0 Å². The minimum absolute atomic E-state index is 0.725. The highest BCUT2D eigenvalue weighted by Crippen LogP contribution is 2.49. The molecular weight excluding hydrogens is 252 g/mol. The van der Waals surface area contributed by atoms with Gasteiger partial charge in [0.05, 0.1) is 0 Å². The van der Waals surface area contributed by atoms with Crippen molar-refractivity contribution in [2.75, 3.05) is 0 Å². The second-order valence-corrected chi connectivity index (χ2v) is 8.54. The summed E-state index contributed by atoms with van der Waals surface area (Å²) < 4.78 is 0. The molecule has 0 saturated heterocycles. The van der Waals surface area contributed by atoms with Crippen LogP contribution in [-0.2, 0) is 0 Å². The van der Waals surface area contributed by atoms with E-state index in [0.29, 0.717) is 0 Å². The van der Waals surface area contributed by atoms with E-state index in [1.807, 2.05) is 0 Å². The third kappa shape index (κ3) is 4.05. The van der Waals surface area contributed by atoms with Gasteiger partial charge in [-0.3, -0.25) is 0 Å². The molecule has 0 heterocycles. The van der Waals surface area contributed by atoms with Crippen LogP contribution in [0.1, 0.15) is 111 Å². The summed E-state index contributed by atoms with van der Waals surface area (Å²) in [7, 11) is 0. The molecule has 124 valence electrons. The van der Waals surface area contributed by atoms with Gasteiger partial charge < -0.3 is 0 Å². The SMILES string of the molecule is CCC1(CC)CCC(CC2CCC(CC)(CC)CC2)CC1. The Bertz CT molecular complexity index is 245. The Kier molecular flexibility index (Phi) is 6.21. The van der Waals surface area contributed by atoms with Crippen molar-refractivity contribution < 1.29 is 0 Å². The topological polar surface area (TPSA) is 0 Å². The summed E-state index contributed by atoms with van der Waals surface area (Å²) in [4.78, 5) is 0. The van der Waals surface area contributed by atoms with Crippen LogP contribution in [0.25, 0.3) is 0 Å². The van der Waals surface area contributed by atoms with Crippen LogP contribution < -0.4 is 0 Å². The third-order valence-electron chi connectivity index (χ3n) is 8.00.